The molecule has 1 saturated carbocycles. The van der Waals surface area contributed by atoms with Gasteiger partial charge in [-0.15, -0.1) is 0 Å². The summed E-state index contributed by atoms with van der Waals surface area (Å²) >= 11 is 0. The van der Waals surface area contributed by atoms with Gasteiger partial charge in [0.05, 0.1) is 6.10 Å². The predicted molar refractivity (Wildman–Crippen MR) is 44.1 cm³/mol. The Morgan fingerprint density at radius 1 is 1.36 bits per heavy atom. The SMILES string of the molecule is CC(C)C1CC(O)C(CO)C1. The summed E-state index contributed by atoms with van der Waals surface area (Å²) in [5.41, 5.74) is 0. The van der Waals surface area contributed by atoms with Crippen molar-refractivity contribution < 1.29 is 10.2 Å². The van der Waals surface area contributed by atoms with Crippen molar-refractivity contribution in [2.75, 3.05) is 6.61 Å². The van der Waals surface area contributed by atoms with Gasteiger partial charge in [-0.2, -0.15) is 0 Å². The molecule has 0 amide bonds. The highest BCUT2D eigenvalue weighted by atomic mass is 16.3. The van der Waals surface area contributed by atoms with Crippen LogP contribution in [0.4, 0.5) is 0 Å². The largest absolute Gasteiger partial charge is 0.396 e. The second-order valence-corrected chi connectivity index (χ2v) is 3.99. The van der Waals surface area contributed by atoms with Crippen molar-refractivity contribution in [3.63, 3.8) is 0 Å². The van der Waals surface area contributed by atoms with E-state index in [2.05, 4.69) is 13.8 Å². The summed E-state index contributed by atoms with van der Waals surface area (Å²) in [6.07, 6.45) is 1.62. The topological polar surface area (TPSA) is 40.5 Å². The summed E-state index contributed by atoms with van der Waals surface area (Å²) in [5.74, 6) is 1.39. The molecule has 3 atom stereocenters. The van der Waals surface area contributed by atoms with Crippen molar-refractivity contribution in [3.8, 4) is 0 Å². The first-order valence-corrected chi connectivity index (χ1v) is 4.44. The summed E-state index contributed by atoms with van der Waals surface area (Å²) in [7, 11) is 0. The summed E-state index contributed by atoms with van der Waals surface area (Å²) in [6.45, 7) is 4.50. The molecule has 2 heteroatoms. The molecule has 0 aromatic heterocycles. The lowest BCUT2D eigenvalue weighted by atomic mass is 9.93. The Kier molecular flexibility index (Phi) is 2.90. The highest BCUT2D eigenvalue weighted by molar-refractivity contribution is 4.83. The first-order valence-electron chi connectivity index (χ1n) is 4.44. The van der Waals surface area contributed by atoms with E-state index < -0.39 is 0 Å². The minimum Gasteiger partial charge on any atom is -0.396 e. The molecule has 66 valence electrons. The minimum absolute atomic E-state index is 0.141. The Bertz CT molecular complexity index is 123. The average Bonchev–Trinajstić information content (AvgIpc) is 2.31. The molecule has 0 aromatic rings. The van der Waals surface area contributed by atoms with Gasteiger partial charge in [0, 0.05) is 12.5 Å². The molecular formula is C9H18O2. The van der Waals surface area contributed by atoms with Crippen LogP contribution in [0.25, 0.3) is 0 Å². The second kappa shape index (κ2) is 3.55. The fourth-order valence-electron chi connectivity index (χ4n) is 1.89. The molecule has 2 N–H and O–H groups in total. The van der Waals surface area contributed by atoms with Crippen LogP contribution in [-0.4, -0.2) is 22.9 Å². The van der Waals surface area contributed by atoms with Crippen molar-refractivity contribution in [2.45, 2.75) is 32.8 Å². The van der Waals surface area contributed by atoms with Crippen LogP contribution in [0.1, 0.15) is 26.7 Å². The van der Waals surface area contributed by atoms with Crippen molar-refractivity contribution in [1.82, 2.24) is 0 Å². The lowest BCUT2D eigenvalue weighted by Gasteiger charge is -2.12. The van der Waals surface area contributed by atoms with Gasteiger partial charge in [0.1, 0.15) is 0 Å². The Balaban J connectivity index is 2.43. The quantitative estimate of drug-likeness (QED) is 0.630. The number of aliphatic hydroxyl groups excluding tert-OH is 2. The number of rotatable bonds is 2. The minimum atomic E-state index is -0.257. The van der Waals surface area contributed by atoms with E-state index in [1.807, 2.05) is 0 Å². The molecule has 1 aliphatic rings. The maximum absolute atomic E-state index is 9.45. The van der Waals surface area contributed by atoms with Crippen LogP contribution >= 0.6 is 0 Å². The third kappa shape index (κ3) is 1.94. The molecule has 0 aliphatic heterocycles. The Hall–Kier alpha value is -0.0800. The smallest absolute Gasteiger partial charge is 0.0593 e. The molecule has 0 radical (unpaired) electrons. The Morgan fingerprint density at radius 3 is 2.27 bits per heavy atom. The van der Waals surface area contributed by atoms with Crippen LogP contribution in [0.2, 0.25) is 0 Å². The first-order chi connectivity index (χ1) is 5.15. The fourth-order valence-corrected chi connectivity index (χ4v) is 1.89. The zero-order valence-electron chi connectivity index (χ0n) is 7.33. The van der Waals surface area contributed by atoms with Gasteiger partial charge in [-0.3, -0.25) is 0 Å². The molecule has 0 saturated heterocycles. The van der Waals surface area contributed by atoms with Crippen molar-refractivity contribution >= 4 is 0 Å². The van der Waals surface area contributed by atoms with Gasteiger partial charge in [-0.25, -0.2) is 0 Å². The third-order valence-electron chi connectivity index (χ3n) is 2.87. The molecule has 11 heavy (non-hydrogen) atoms. The fraction of sp³-hybridized carbons (Fsp3) is 1.00. The van der Waals surface area contributed by atoms with Gasteiger partial charge in [0.15, 0.2) is 0 Å². The standard InChI is InChI=1S/C9H18O2/c1-6(2)7-3-8(5-10)9(11)4-7/h6-11H,3-5H2,1-2H3. The van der Waals surface area contributed by atoms with Crippen LogP contribution in [0.15, 0.2) is 0 Å². The second-order valence-electron chi connectivity index (χ2n) is 3.99. The van der Waals surface area contributed by atoms with Gasteiger partial charge < -0.3 is 10.2 Å². The van der Waals surface area contributed by atoms with Crippen LogP contribution in [0.5, 0.6) is 0 Å². The molecule has 0 heterocycles. The summed E-state index contributed by atoms with van der Waals surface area (Å²) in [5, 5.41) is 18.3. The van der Waals surface area contributed by atoms with Crippen molar-refractivity contribution in [3.05, 3.63) is 0 Å². The van der Waals surface area contributed by atoms with E-state index in [9.17, 15) is 5.11 Å². The van der Waals surface area contributed by atoms with Crippen LogP contribution in [0.3, 0.4) is 0 Å². The summed E-state index contributed by atoms with van der Waals surface area (Å²) in [6, 6.07) is 0. The Labute approximate surface area is 68.2 Å². The van der Waals surface area contributed by atoms with Gasteiger partial charge in [0.2, 0.25) is 0 Å². The molecular weight excluding hydrogens is 140 g/mol. The van der Waals surface area contributed by atoms with E-state index in [1.165, 1.54) is 0 Å². The lowest BCUT2D eigenvalue weighted by Crippen LogP contribution is -2.16. The predicted octanol–water partition coefficient (Wildman–Crippen LogP) is 1.02. The third-order valence-corrected chi connectivity index (χ3v) is 2.87. The molecule has 1 aliphatic carbocycles. The molecule has 2 nitrogen and oxygen atoms in total. The highest BCUT2D eigenvalue weighted by Crippen LogP contribution is 2.35. The van der Waals surface area contributed by atoms with E-state index >= 15 is 0 Å². The van der Waals surface area contributed by atoms with Gasteiger partial charge in [0.25, 0.3) is 0 Å². The maximum atomic E-state index is 9.45. The van der Waals surface area contributed by atoms with E-state index in [0.717, 1.165) is 12.8 Å². The molecule has 1 fully saturated rings. The lowest BCUT2D eigenvalue weighted by molar-refractivity contribution is 0.0904. The van der Waals surface area contributed by atoms with Crippen molar-refractivity contribution in [2.24, 2.45) is 17.8 Å². The van der Waals surface area contributed by atoms with E-state index in [-0.39, 0.29) is 18.6 Å². The molecule has 0 spiro atoms. The van der Waals surface area contributed by atoms with Gasteiger partial charge >= 0.3 is 0 Å². The number of hydrogen-bond donors (Lipinski definition) is 2. The molecule has 0 bridgehead atoms. The van der Waals surface area contributed by atoms with Gasteiger partial charge in [-0.05, 0) is 24.7 Å². The zero-order valence-corrected chi connectivity index (χ0v) is 7.33. The highest BCUT2D eigenvalue weighted by Gasteiger charge is 2.33. The van der Waals surface area contributed by atoms with Crippen molar-refractivity contribution in [1.29, 1.82) is 0 Å². The van der Waals surface area contributed by atoms with Crippen LogP contribution in [-0.2, 0) is 0 Å². The zero-order chi connectivity index (χ0) is 8.43. The molecule has 0 aromatic carbocycles. The first kappa shape index (κ1) is 9.01. The normalized spacial score (nSPS) is 38.5. The monoisotopic (exact) mass is 158 g/mol. The van der Waals surface area contributed by atoms with E-state index in [4.69, 9.17) is 5.11 Å². The molecule has 1 rings (SSSR count). The number of aliphatic hydroxyl groups is 2. The molecule has 3 unspecified atom stereocenters. The van der Waals surface area contributed by atoms with E-state index in [0.29, 0.717) is 11.8 Å². The summed E-state index contributed by atoms with van der Waals surface area (Å²) in [4.78, 5) is 0. The average molecular weight is 158 g/mol. The summed E-state index contributed by atoms with van der Waals surface area (Å²) < 4.78 is 0. The van der Waals surface area contributed by atoms with Gasteiger partial charge in [-0.1, -0.05) is 13.8 Å². The maximum Gasteiger partial charge on any atom is 0.0593 e. The van der Waals surface area contributed by atoms with E-state index in [1.54, 1.807) is 0 Å². The van der Waals surface area contributed by atoms with Crippen LogP contribution in [0, 0.1) is 17.8 Å². The van der Waals surface area contributed by atoms with Crippen LogP contribution < -0.4 is 0 Å². The Morgan fingerprint density at radius 2 is 2.00 bits per heavy atom. The number of hydrogen-bond acceptors (Lipinski definition) is 2.